The smallest absolute Gasteiger partial charge is 0.157 e. The second-order valence-electron chi connectivity index (χ2n) is 3.52. The summed E-state index contributed by atoms with van der Waals surface area (Å²) < 4.78 is 10.9. The molecule has 0 aromatic heterocycles. The van der Waals surface area contributed by atoms with Crippen molar-refractivity contribution in [2.45, 2.75) is 45.8 Å². The quantitative estimate of drug-likeness (QED) is 0.345. The Hall–Kier alpha value is -1.04. The van der Waals surface area contributed by atoms with E-state index in [1.165, 1.54) is 0 Å². The van der Waals surface area contributed by atoms with Crippen LogP contribution in [0.5, 0.6) is 0 Å². The van der Waals surface area contributed by atoms with Crippen molar-refractivity contribution in [3.05, 3.63) is 24.8 Å². The van der Waals surface area contributed by atoms with Crippen molar-refractivity contribution in [1.82, 2.24) is 0 Å². The van der Waals surface area contributed by atoms with Gasteiger partial charge in [0.25, 0.3) is 0 Å². The molecular formula is C15H24O2. The van der Waals surface area contributed by atoms with Gasteiger partial charge in [-0.3, -0.25) is 0 Å². The molecule has 0 radical (unpaired) electrons. The van der Waals surface area contributed by atoms with E-state index in [0.717, 1.165) is 25.7 Å². The summed E-state index contributed by atoms with van der Waals surface area (Å²) in [6, 6.07) is 0. The van der Waals surface area contributed by atoms with Crippen molar-refractivity contribution in [2.24, 2.45) is 0 Å². The molecule has 0 amide bonds. The number of allylic oxidation sites excluding steroid dienone is 3. The van der Waals surface area contributed by atoms with Crippen LogP contribution in [0.1, 0.15) is 39.5 Å². The highest BCUT2D eigenvalue weighted by Crippen LogP contribution is 2.08. The average molecular weight is 236 g/mol. The Morgan fingerprint density at radius 2 is 1.82 bits per heavy atom. The van der Waals surface area contributed by atoms with Gasteiger partial charge in [0.2, 0.25) is 0 Å². The third kappa shape index (κ3) is 11.2. The van der Waals surface area contributed by atoms with E-state index in [1.54, 1.807) is 6.08 Å². The number of unbranched alkanes of at least 4 members (excludes halogenated alkanes) is 2. The van der Waals surface area contributed by atoms with Gasteiger partial charge in [0.1, 0.15) is 0 Å². The van der Waals surface area contributed by atoms with Crippen LogP contribution in [-0.4, -0.2) is 19.5 Å². The fourth-order valence-electron chi connectivity index (χ4n) is 1.41. The maximum Gasteiger partial charge on any atom is 0.157 e. The third-order valence-corrected chi connectivity index (χ3v) is 2.15. The van der Waals surface area contributed by atoms with E-state index in [4.69, 9.17) is 9.47 Å². The molecule has 0 spiro atoms. The van der Waals surface area contributed by atoms with Crippen molar-refractivity contribution < 1.29 is 9.47 Å². The van der Waals surface area contributed by atoms with Crippen molar-refractivity contribution in [3.8, 4) is 11.8 Å². The molecule has 0 saturated heterocycles. The van der Waals surface area contributed by atoms with Crippen LogP contribution in [0.4, 0.5) is 0 Å². The molecule has 0 saturated carbocycles. The van der Waals surface area contributed by atoms with E-state index in [-0.39, 0.29) is 6.29 Å². The fraction of sp³-hybridized carbons (Fsp3) is 0.600. The van der Waals surface area contributed by atoms with Crippen molar-refractivity contribution in [3.63, 3.8) is 0 Å². The molecule has 96 valence electrons. The Balaban J connectivity index is 3.53. The molecule has 0 aliphatic rings. The molecule has 0 heterocycles. The Morgan fingerprint density at radius 1 is 1.12 bits per heavy atom. The minimum absolute atomic E-state index is 0.0328. The molecule has 0 N–H and O–H groups in total. The highest BCUT2D eigenvalue weighted by atomic mass is 16.7. The van der Waals surface area contributed by atoms with E-state index >= 15 is 0 Å². The lowest BCUT2D eigenvalue weighted by molar-refractivity contribution is -0.140. The van der Waals surface area contributed by atoms with Gasteiger partial charge in [-0.25, -0.2) is 0 Å². The first-order valence-electron chi connectivity index (χ1n) is 6.35. The molecule has 0 atom stereocenters. The normalized spacial score (nSPS) is 10.5. The van der Waals surface area contributed by atoms with Crippen LogP contribution in [0.15, 0.2) is 24.8 Å². The number of hydrogen-bond acceptors (Lipinski definition) is 2. The van der Waals surface area contributed by atoms with Gasteiger partial charge in [-0.05, 0) is 51.7 Å². The zero-order valence-corrected chi connectivity index (χ0v) is 11.1. The predicted octanol–water partition coefficient (Wildman–Crippen LogP) is 3.69. The largest absolute Gasteiger partial charge is 0.353 e. The molecular weight excluding hydrogens is 212 g/mol. The predicted molar refractivity (Wildman–Crippen MR) is 72.6 cm³/mol. The summed E-state index contributed by atoms with van der Waals surface area (Å²) in [5.74, 6) is 5.66. The maximum atomic E-state index is 5.47. The molecule has 0 aromatic rings. The summed E-state index contributed by atoms with van der Waals surface area (Å²) >= 11 is 0. The highest BCUT2D eigenvalue weighted by molar-refractivity contribution is 5.21. The molecule has 0 aliphatic carbocycles. The summed E-state index contributed by atoms with van der Waals surface area (Å²) in [6.07, 6.45) is 9.81. The lowest BCUT2D eigenvalue weighted by Crippen LogP contribution is -2.17. The van der Waals surface area contributed by atoms with Gasteiger partial charge in [0.15, 0.2) is 6.29 Å². The lowest BCUT2D eigenvalue weighted by Gasteiger charge is -2.16. The highest BCUT2D eigenvalue weighted by Gasteiger charge is 2.06. The molecule has 2 nitrogen and oxygen atoms in total. The van der Waals surface area contributed by atoms with Gasteiger partial charge >= 0.3 is 0 Å². The minimum atomic E-state index is -0.0328. The SMILES string of the molecule is C=CC#C/C=C\CCCCC(OCC)OCC. The molecule has 0 aromatic carbocycles. The minimum Gasteiger partial charge on any atom is -0.353 e. The van der Waals surface area contributed by atoms with E-state index in [2.05, 4.69) is 24.5 Å². The average Bonchev–Trinajstić information content (AvgIpc) is 2.33. The molecule has 2 heteroatoms. The van der Waals surface area contributed by atoms with Crippen LogP contribution >= 0.6 is 0 Å². The number of rotatable bonds is 9. The van der Waals surface area contributed by atoms with Crippen molar-refractivity contribution in [1.29, 1.82) is 0 Å². The molecule has 0 unspecified atom stereocenters. The van der Waals surface area contributed by atoms with Gasteiger partial charge in [0, 0.05) is 13.2 Å². The van der Waals surface area contributed by atoms with E-state index in [1.807, 2.05) is 19.9 Å². The topological polar surface area (TPSA) is 18.5 Å². The van der Waals surface area contributed by atoms with Crippen molar-refractivity contribution in [2.75, 3.05) is 13.2 Å². The molecule has 17 heavy (non-hydrogen) atoms. The summed E-state index contributed by atoms with van der Waals surface area (Å²) in [5.41, 5.74) is 0. The van der Waals surface area contributed by atoms with E-state index in [9.17, 15) is 0 Å². The third-order valence-electron chi connectivity index (χ3n) is 2.15. The van der Waals surface area contributed by atoms with Gasteiger partial charge in [-0.2, -0.15) is 0 Å². The standard InChI is InChI=1S/C15H24O2/c1-4-7-8-9-10-11-12-13-14-15(16-5-2)17-6-3/h4,9-10,15H,1,5-6,11-14H2,2-3H3/b10-9-. The molecule has 0 bridgehead atoms. The lowest BCUT2D eigenvalue weighted by atomic mass is 10.2. The second kappa shape index (κ2) is 13.0. The van der Waals surface area contributed by atoms with Crippen LogP contribution in [-0.2, 0) is 9.47 Å². The molecule has 0 aliphatic heterocycles. The van der Waals surface area contributed by atoms with Crippen LogP contribution < -0.4 is 0 Å². The van der Waals surface area contributed by atoms with Crippen LogP contribution in [0, 0.1) is 11.8 Å². The Morgan fingerprint density at radius 3 is 2.41 bits per heavy atom. The van der Waals surface area contributed by atoms with Crippen LogP contribution in [0.25, 0.3) is 0 Å². The summed E-state index contributed by atoms with van der Waals surface area (Å²) in [4.78, 5) is 0. The van der Waals surface area contributed by atoms with Gasteiger partial charge in [0.05, 0.1) is 0 Å². The molecule has 0 rings (SSSR count). The Kier molecular flexibility index (Phi) is 12.2. The summed E-state index contributed by atoms with van der Waals surface area (Å²) in [5, 5.41) is 0. The first-order valence-corrected chi connectivity index (χ1v) is 6.35. The second-order valence-corrected chi connectivity index (χ2v) is 3.52. The van der Waals surface area contributed by atoms with Crippen LogP contribution in [0.2, 0.25) is 0 Å². The van der Waals surface area contributed by atoms with E-state index in [0.29, 0.717) is 13.2 Å². The number of ether oxygens (including phenoxy) is 2. The zero-order chi connectivity index (χ0) is 12.8. The molecule has 0 fully saturated rings. The summed E-state index contributed by atoms with van der Waals surface area (Å²) in [6.45, 7) is 8.93. The van der Waals surface area contributed by atoms with Crippen molar-refractivity contribution >= 4 is 0 Å². The maximum absolute atomic E-state index is 5.47. The van der Waals surface area contributed by atoms with Gasteiger partial charge in [-0.15, -0.1) is 0 Å². The Bertz CT molecular complexity index is 252. The summed E-state index contributed by atoms with van der Waals surface area (Å²) in [7, 11) is 0. The Labute approximate surface area is 106 Å². The van der Waals surface area contributed by atoms with Gasteiger partial charge in [-0.1, -0.05) is 24.5 Å². The first kappa shape index (κ1) is 16.0. The number of hydrogen-bond donors (Lipinski definition) is 0. The zero-order valence-electron chi connectivity index (χ0n) is 11.1. The van der Waals surface area contributed by atoms with Gasteiger partial charge < -0.3 is 9.47 Å². The van der Waals surface area contributed by atoms with Crippen LogP contribution in [0.3, 0.4) is 0 Å². The first-order chi connectivity index (χ1) is 8.35. The van der Waals surface area contributed by atoms with E-state index < -0.39 is 0 Å². The fourth-order valence-corrected chi connectivity index (χ4v) is 1.41. The monoisotopic (exact) mass is 236 g/mol.